The molecule has 1 spiro atoms. The van der Waals surface area contributed by atoms with Gasteiger partial charge in [-0.05, 0) is 44.9 Å². The van der Waals surface area contributed by atoms with Gasteiger partial charge in [0, 0.05) is 25.8 Å². The molecular weight excluding hydrogens is 238 g/mol. The number of nitrogens with one attached hydrogen (secondary N) is 1. The van der Waals surface area contributed by atoms with Crippen LogP contribution in [0.4, 0.5) is 0 Å². The van der Waals surface area contributed by atoms with E-state index in [-0.39, 0.29) is 5.60 Å². The average molecular weight is 267 g/mol. The zero-order chi connectivity index (χ0) is 13.1. The topological polar surface area (TPSA) is 30.5 Å². The van der Waals surface area contributed by atoms with Crippen molar-refractivity contribution in [1.82, 2.24) is 5.32 Å². The predicted molar refractivity (Wildman–Crippen MR) is 76.4 cm³/mol. The number of ether oxygens (including phenoxy) is 2. The summed E-state index contributed by atoms with van der Waals surface area (Å²) < 4.78 is 11.8. The van der Waals surface area contributed by atoms with Gasteiger partial charge in [-0.25, -0.2) is 0 Å². The van der Waals surface area contributed by atoms with Crippen LogP contribution < -0.4 is 5.32 Å². The second-order valence-electron chi connectivity index (χ2n) is 6.76. The summed E-state index contributed by atoms with van der Waals surface area (Å²) in [6, 6.07) is 1.22. The molecule has 3 rings (SSSR count). The Morgan fingerprint density at radius 2 is 1.89 bits per heavy atom. The minimum absolute atomic E-state index is 0.218. The summed E-state index contributed by atoms with van der Waals surface area (Å²) in [5.41, 5.74) is 0.218. The first-order valence-corrected chi connectivity index (χ1v) is 8.24. The third-order valence-electron chi connectivity index (χ3n) is 5.46. The van der Waals surface area contributed by atoms with Gasteiger partial charge in [0.1, 0.15) is 0 Å². The largest absolute Gasteiger partial charge is 0.380 e. The quantitative estimate of drug-likeness (QED) is 0.852. The van der Waals surface area contributed by atoms with Gasteiger partial charge in [-0.3, -0.25) is 0 Å². The number of hydrogen-bond acceptors (Lipinski definition) is 3. The molecule has 2 aliphatic carbocycles. The van der Waals surface area contributed by atoms with Crippen molar-refractivity contribution in [2.75, 3.05) is 13.7 Å². The second-order valence-corrected chi connectivity index (χ2v) is 6.76. The molecule has 1 heterocycles. The maximum absolute atomic E-state index is 6.18. The maximum Gasteiger partial charge on any atom is 0.0724 e. The molecule has 0 aromatic rings. The van der Waals surface area contributed by atoms with Crippen LogP contribution in [0.5, 0.6) is 0 Å². The highest BCUT2D eigenvalue weighted by molar-refractivity contribution is 4.95. The SMILES string of the molecule is COC1CCCC1NC1CCOC2(CCCCC2)C1. The van der Waals surface area contributed by atoms with Crippen LogP contribution in [-0.2, 0) is 9.47 Å². The Balaban J connectivity index is 1.56. The summed E-state index contributed by atoms with van der Waals surface area (Å²) in [6.45, 7) is 0.946. The van der Waals surface area contributed by atoms with Crippen LogP contribution >= 0.6 is 0 Å². The molecule has 3 heteroatoms. The molecule has 0 amide bonds. The molecule has 3 atom stereocenters. The van der Waals surface area contributed by atoms with Gasteiger partial charge in [-0.2, -0.15) is 0 Å². The lowest BCUT2D eigenvalue weighted by atomic mass is 9.78. The Morgan fingerprint density at radius 3 is 2.68 bits per heavy atom. The normalized spacial score (nSPS) is 38.7. The molecule has 0 aromatic carbocycles. The Morgan fingerprint density at radius 1 is 1.05 bits per heavy atom. The van der Waals surface area contributed by atoms with Crippen LogP contribution in [-0.4, -0.2) is 37.5 Å². The van der Waals surface area contributed by atoms with Crippen molar-refractivity contribution < 1.29 is 9.47 Å². The van der Waals surface area contributed by atoms with Crippen LogP contribution in [0.3, 0.4) is 0 Å². The molecule has 0 bridgehead atoms. The van der Waals surface area contributed by atoms with Gasteiger partial charge in [0.25, 0.3) is 0 Å². The van der Waals surface area contributed by atoms with Crippen molar-refractivity contribution in [1.29, 1.82) is 0 Å². The van der Waals surface area contributed by atoms with Crippen molar-refractivity contribution in [2.45, 2.75) is 88.0 Å². The average Bonchev–Trinajstić information content (AvgIpc) is 2.87. The van der Waals surface area contributed by atoms with Crippen LogP contribution in [0.2, 0.25) is 0 Å². The van der Waals surface area contributed by atoms with E-state index in [2.05, 4.69) is 5.32 Å². The molecule has 2 saturated carbocycles. The Kier molecular flexibility index (Phi) is 4.45. The summed E-state index contributed by atoms with van der Waals surface area (Å²) >= 11 is 0. The molecule has 3 nitrogen and oxygen atoms in total. The molecule has 1 saturated heterocycles. The summed E-state index contributed by atoms with van der Waals surface area (Å²) in [7, 11) is 1.86. The van der Waals surface area contributed by atoms with Gasteiger partial charge in [0.2, 0.25) is 0 Å². The number of rotatable bonds is 3. The fraction of sp³-hybridized carbons (Fsp3) is 1.00. The lowest BCUT2D eigenvalue weighted by molar-refractivity contribution is -0.111. The highest BCUT2D eigenvalue weighted by Gasteiger charge is 2.40. The zero-order valence-corrected chi connectivity index (χ0v) is 12.3. The van der Waals surface area contributed by atoms with Crippen LogP contribution in [0.15, 0.2) is 0 Å². The summed E-state index contributed by atoms with van der Waals surface area (Å²) in [5.74, 6) is 0. The summed E-state index contributed by atoms with van der Waals surface area (Å²) in [6.07, 6.45) is 13.3. The fourth-order valence-electron chi connectivity index (χ4n) is 4.42. The molecular formula is C16H29NO2. The van der Waals surface area contributed by atoms with Crippen molar-refractivity contribution in [3.63, 3.8) is 0 Å². The third-order valence-corrected chi connectivity index (χ3v) is 5.46. The molecule has 1 aliphatic heterocycles. The van der Waals surface area contributed by atoms with E-state index in [9.17, 15) is 0 Å². The Bertz CT molecular complexity index is 283. The molecule has 3 aliphatic rings. The first-order chi connectivity index (χ1) is 9.31. The minimum Gasteiger partial charge on any atom is -0.380 e. The first-order valence-electron chi connectivity index (χ1n) is 8.24. The standard InChI is InChI=1S/C16H29NO2/c1-18-15-7-5-6-14(15)17-13-8-11-19-16(12-13)9-3-2-4-10-16/h13-15,17H,2-12H2,1H3. The van der Waals surface area contributed by atoms with E-state index in [1.54, 1.807) is 0 Å². The van der Waals surface area contributed by atoms with Crippen LogP contribution in [0.1, 0.15) is 64.2 Å². The maximum atomic E-state index is 6.18. The molecule has 0 aromatic heterocycles. The van der Waals surface area contributed by atoms with Crippen molar-refractivity contribution in [3.05, 3.63) is 0 Å². The van der Waals surface area contributed by atoms with E-state index in [0.717, 1.165) is 6.61 Å². The molecule has 1 N–H and O–H groups in total. The van der Waals surface area contributed by atoms with E-state index >= 15 is 0 Å². The van der Waals surface area contributed by atoms with Gasteiger partial charge < -0.3 is 14.8 Å². The lowest BCUT2D eigenvalue weighted by Crippen LogP contribution is -2.52. The molecule has 19 heavy (non-hydrogen) atoms. The van der Waals surface area contributed by atoms with Crippen molar-refractivity contribution in [3.8, 4) is 0 Å². The molecule has 3 unspecified atom stereocenters. The van der Waals surface area contributed by atoms with Gasteiger partial charge in [-0.15, -0.1) is 0 Å². The van der Waals surface area contributed by atoms with Crippen molar-refractivity contribution in [2.24, 2.45) is 0 Å². The van der Waals surface area contributed by atoms with Crippen LogP contribution in [0.25, 0.3) is 0 Å². The first kappa shape index (κ1) is 13.8. The van der Waals surface area contributed by atoms with E-state index < -0.39 is 0 Å². The van der Waals surface area contributed by atoms with E-state index in [1.165, 1.54) is 64.2 Å². The smallest absolute Gasteiger partial charge is 0.0724 e. The molecule has 110 valence electrons. The molecule has 0 radical (unpaired) electrons. The highest BCUT2D eigenvalue weighted by atomic mass is 16.5. The monoisotopic (exact) mass is 267 g/mol. The Hall–Kier alpha value is -0.120. The second kappa shape index (κ2) is 6.11. The number of hydrogen-bond donors (Lipinski definition) is 1. The van der Waals surface area contributed by atoms with Gasteiger partial charge >= 0.3 is 0 Å². The van der Waals surface area contributed by atoms with Gasteiger partial charge in [0.05, 0.1) is 11.7 Å². The van der Waals surface area contributed by atoms with E-state index in [4.69, 9.17) is 9.47 Å². The predicted octanol–water partition coefficient (Wildman–Crippen LogP) is 3.03. The zero-order valence-electron chi connectivity index (χ0n) is 12.3. The summed E-state index contributed by atoms with van der Waals surface area (Å²) in [4.78, 5) is 0. The third kappa shape index (κ3) is 3.14. The van der Waals surface area contributed by atoms with E-state index in [0.29, 0.717) is 18.2 Å². The van der Waals surface area contributed by atoms with Gasteiger partial charge in [-0.1, -0.05) is 19.3 Å². The number of methoxy groups -OCH3 is 1. The molecule has 3 fully saturated rings. The van der Waals surface area contributed by atoms with E-state index in [1.807, 2.05) is 7.11 Å². The minimum atomic E-state index is 0.218. The lowest BCUT2D eigenvalue weighted by Gasteiger charge is -2.44. The van der Waals surface area contributed by atoms with Gasteiger partial charge in [0.15, 0.2) is 0 Å². The van der Waals surface area contributed by atoms with Crippen LogP contribution in [0, 0.1) is 0 Å². The highest BCUT2D eigenvalue weighted by Crippen LogP contribution is 2.39. The summed E-state index contributed by atoms with van der Waals surface area (Å²) in [5, 5.41) is 3.89. The fourth-order valence-corrected chi connectivity index (χ4v) is 4.42. The van der Waals surface area contributed by atoms with Crippen molar-refractivity contribution >= 4 is 0 Å². The Labute approximate surface area is 117 Å².